The van der Waals surface area contributed by atoms with Crippen LogP contribution in [-0.2, 0) is 9.53 Å². The molecular formula is C29H21ClN2O2. The standard InChI is InChI=1S/C29H21ClN2O2/c1-2-34-28(33)24-17-25(26(20-9-5-3-6-10-20)21-11-7-4-8-12-21)29(18-31,19-32)27(24)22-13-15-23(30)16-14-22/h3-17,27H,2H2,1H3. The number of hydrogen-bond donors (Lipinski definition) is 0. The number of carbonyl (C=O) groups excluding carboxylic acids is 1. The van der Waals surface area contributed by atoms with E-state index in [-0.39, 0.29) is 12.2 Å². The average Bonchev–Trinajstić information content (AvgIpc) is 3.21. The third-order valence-corrected chi connectivity index (χ3v) is 6.18. The number of carbonyl (C=O) groups is 1. The van der Waals surface area contributed by atoms with E-state index in [1.54, 1.807) is 37.3 Å². The van der Waals surface area contributed by atoms with E-state index in [1.165, 1.54) is 0 Å². The summed E-state index contributed by atoms with van der Waals surface area (Å²) in [6.45, 7) is 1.90. The monoisotopic (exact) mass is 464 g/mol. The Bertz CT molecular complexity index is 1290. The molecule has 0 amide bonds. The van der Waals surface area contributed by atoms with E-state index in [0.717, 1.165) is 16.7 Å². The van der Waals surface area contributed by atoms with Crippen molar-refractivity contribution in [2.24, 2.45) is 5.41 Å². The molecule has 1 atom stereocenters. The largest absolute Gasteiger partial charge is 0.463 e. The van der Waals surface area contributed by atoms with Crippen molar-refractivity contribution in [3.8, 4) is 12.1 Å². The number of rotatable bonds is 5. The van der Waals surface area contributed by atoms with Gasteiger partial charge in [0.15, 0.2) is 5.41 Å². The Morgan fingerprint density at radius 1 is 0.912 bits per heavy atom. The Morgan fingerprint density at radius 2 is 1.44 bits per heavy atom. The third-order valence-electron chi connectivity index (χ3n) is 5.93. The first kappa shape index (κ1) is 23.1. The Hall–Kier alpha value is -4.12. The molecule has 3 aromatic carbocycles. The van der Waals surface area contributed by atoms with E-state index in [0.29, 0.717) is 16.2 Å². The summed E-state index contributed by atoms with van der Waals surface area (Å²) in [7, 11) is 0. The number of esters is 1. The fraction of sp³-hybridized carbons (Fsp3) is 0.138. The van der Waals surface area contributed by atoms with Gasteiger partial charge < -0.3 is 4.74 Å². The predicted octanol–water partition coefficient (Wildman–Crippen LogP) is 6.46. The highest BCUT2D eigenvalue weighted by Gasteiger charge is 2.53. The second-order valence-corrected chi connectivity index (χ2v) is 8.29. The first-order chi connectivity index (χ1) is 16.6. The van der Waals surface area contributed by atoms with Crippen LogP contribution in [0.3, 0.4) is 0 Å². The summed E-state index contributed by atoms with van der Waals surface area (Å²) in [4.78, 5) is 13.1. The summed E-state index contributed by atoms with van der Waals surface area (Å²) in [5.74, 6) is -1.39. The molecule has 0 bridgehead atoms. The summed E-state index contributed by atoms with van der Waals surface area (Å²) < 4.78 is 5.35. The minimum Gasteiger partial charge on any atom is -0.463 e. The van der Waals surface area contributed by atoms with Gasteiger partial charge in [-0.25, -0.2) is 4.79 Å². The Morgan fingerprint density at radius 3 is 1.91 bits per heavy atom. The van der Waals surface area contributed by atoms with E-state index in [2.05, 4.69) is 12.1 Å². The molecule has 1 aliphatic rings. The van der Waals surface area contributed by atoms with Crippen LogP contribution in [0.1, 0.15) is 29.5 Å². The number of benzene rings is 3. The summed E-state index contributed by atoms with van der Waals surface area (Å²) in [6.07, 6.45) is 1.67. The fourth-order valence-corrected chi connectivity index (χ4v) is 4.57. The maximum absolute atomic E-state index is 13.1. The number of nitrogens with zero attached hydrogens (tertiary/aromatic N) is 2. The molecule has 166 valence electrons. The molecule has 4 rings (SSSR count). The van der Waals surface area contributed by atoms with Crippen LogP contribution in [0.5, 0.6) is 0 Å². The Balaban J connectivity index is 2.10. The van der Waals surface area contributed by atoms with Gasteiger partial charge >= 0.3 is 5.97 Å². The first-order valence-corrected chi connectivity index (χ1v) is 11.3. The molecule has 0 spiro atoms. The van der Waals surface area contributed by atoms with Gasteiger partial charge in [0.2, 0.25) is 0 Å². The van der Waals surface area contributed by atoms with E-state index in [9.17, 15) is 15.3 Å². The predicted molar refractivity (Wildman–Crippen MR) is 131 cm³/mol. The average molecular weight is 465 g/mol. The summed E-state index contributed by atoms with van der Waals surface area (Å²) in [5, 5.41) is 21.6. The van der Waals surface area contributed by atoms with Crippen molar-refractivity contribution >= 4 is 23.1 Å². The van der Waals surface area contributed by atoms with Crippen molar-refractivity contribution < 1.29 is 9.53 Å². The molecule has 0 saturated carbocycles. The molecule has 0 N–H and O–H groups in total. The van der Waals surface area contributed by atoms with E-state index >= 15 is 0 Å². The van der Waals surface area contributed by atoms with E-state index in [1.807, 2.05) is 60.7 Å². The van der Waals surface area contributed by atoms with Crippen LogP contribution in [0.4, 0.5) is 0 Å². The van der Waals surface area contributed by atoms with Gasteiger partial charge in [0.25, 0.3) is 0 Å². The molecular weight excluding hydrogens is 444 g/mol. The lowest BCUT2D eigenvalue weighted by atomic mass is 9.69. The van der Waals surface area contributed by atoms with Crippen LogP contribution in [0.2, 0.25) is 5.02 Å². The maximum atomic E-state index is 13.1. The van der Waals surface area contributed by atoms with Gasteiger partial charge in [-0.15, -0.1) is 0 Å². The molecule has 0 aromatic heterocycles. The first-order valence-electron chi connectivity index (χ1n) is 10.9. The van der Waals surface area contributed by atoms with Crippen molar-refractivity contribution in [2.75, 3.05) is 6.61 Å². The smallest absolute Gasteiger partial charge is 0.334 e. The lowest BCUT2D eigenvalue weighted by Gasteiger charge is -2.27. The number of hydrogen-bond acceptors (Lipinski definition) is 4. The molecule has 0 saturated heterocycles. The van der Waals surface area contributed by atoms with Gasteiger partial charge in [0, 0.05) is 10.6 Å². The summed E-state index contributed by atoms with van der Waals surface area (Å²) in [6, 6.07) is 30.6. The van der Waals surface area contributed by atoms with Crippen molar-refractivity contribution in [1.29, 1.82) is 10.5 Å². The van der Waals surface area contributed by atoms with Crippen molar-refractivity contribution in [1.82, 2.24) is 0 Å². The van der Waals surface area contributed by atoms with Gasteiger partial charge in [0.1, 0.15) is 0 Å². The molecule has 4 nitrogen and oxygen atoms in total. The van der Waals surface area contributed by atoms with Gasteiger partial charge in [-0.1, -0.05) is 84.4 Å². The minimum absolute atomic E-state index is 0.179. The molecule has 0 fully saturated rings. The Kier molecular flexibility index (Phi) is 6.64. The number of ether oxygens (including phenoxy) is 1. The second-order valence-electron chi connectivity index (χ2n) is 7.86. The minimum atomic E-state index is -1.66. The SMILES string of the molecule is CCOC(=O)C1=CC(=C(c2ccccc2)c2ccccc2)C(C#N)(C#N)C1c1ccc(Cl)cc1. The number of halogens is 1. The van der Waals surface area contributed by atoms with Crippen LogP contribution < -0.4 is 0 Å². The van der Waals surface area contributed by atoms with Gasteiger partial charge in [-0.3, -0.25) is 0 Å². The number of nitriles is 2. The Labute approximate surface area is 204 Å². The van der Waals surface area contributed by atoms with Gasteiger partial charge in [-0.05, 0) is 53.0 Å². The van der Waals surface area contributed by atoms with Crippen LogP contribution in [0.15, 0.2) is 102 Å². The molecule has 1 aliphatic carbocycles. The molecule has 0 radical (unpaired) electrons. The summed E-state index contributed by atoms with van der Waals surface area (Å²) in [5.41, 5.74) is 2.13. The quantitative estimate of drug-likeness (QED) is 0.406. The maximum Gasteiger partial charge on any atom is 0.334 e. The number of allylic oxidation sites excluding steroid dienone is 2. The second kappa shape index (κ2) is 9.79. The van der Waals surface area contributed by atoms with Gasteiger partial charge in [-0.2, -0.15) is 10.5 Å². The molecule has 34 heavy (non-hydrogen) atoms. The zero-order valence-corrected chi connectivity index (χ0v) is 19.3. The fourth-order valence-electron chi connectivity index (χ4n) is 4.45. The van der Waals surface area contributed by atoms with Crippen LogP contribution in [0.25, 0.3) is 5.57 Å². The lowest BCUT2D eigenvalue weighted by Crippen LogP contribution is -2.27. The van der Waals surface area contributed by atoms with Crippen molar-refractivity contribution in [2.45, 2.75) is 12.8 Å². The summed E-state index contributed by atoms with van der Waals surface area (Å²) >= 11 is 6.10. The van der Waals surface area contributed by atoms with Crippen molar-refractivity contribution in [3.63, 3.8) is 0 Å². The molecule has 0 heterocycles. The van der Waals surface area contributed by atoms with E-state index in [4.69, 9.17) is 16.3 Å². The van der Waals surface area contributed by atoms with Crippen LogP contribution in [-0.4, -0.2) is 12.6 Å². The molecule has 5 heteroatoms. The topological polar surface area (TPSA) is 73.9 Å². The van der Waals surface area contributed by atoms with Gasteiger partial charge in [0.05, 0.1) is 24.7 Å². The molecule has 1 unspecified atom stereocenters. The highest BCUT2D eigenvalue weighted by atomic mass is 35.5. The van der Waals surface area contributed by atoms with E-state index < -0.39 is 17.3 Å². The zero-order valence-electron chi connectivity index (χ0n) is 18.5. The lowest BCUT2D eigenvalue weighted by molar-refractivity contribution is -0.138. The zero-order chi connectivity index (χ0) is 24.1. The van der Waals surface area contributed by atoms with Crippen molar-refractivity contribution in [3.05, 3.63) is 124 Å². The van der Waals surface area contributed by atoms with Crippen LogP contribution in [0, 0.1) is 28.1 Å². The third kappa shape index (κ3) is 4.01. The molecule has 3 aromatic rings. The molecule has 0 aliphatic heterocycles. The normalized spacial score (nSPS) is 16.2. The highest BCUT2D eigenvalue weighted by Crippen LogP contribution is 2.55. The highest BCUT2D eigenvalue weighted by molar-refractivity contribution is 6.30. The van der Waals surface area contributed by atoms with Crippen LogP contribution >= 0.6 is 11.6 Å².